The maximum atomic E-state index is 11.6. The Morgan fingerprint density at radius 3 is 2.69 bits per heavy atom. The van der Waals surface area contributed by atoms with Crippen molar-refractivity contribution in [1.29, 1.82) is 0 Å². The van der Waals surface area contributed by atoms with E-state index >= 15 is 0 Å². The smallest absolute Gasteiger partial charge is 0.223 e. The van der Waals surface area contributed by atoms with E-state index in [1.807, 2.05) is 31.2 Å². The zero-order valence-electron chi connectivity index (χ0n) is 15.7. The highest BCUT2D eigenvalue weighted by atomic mass is 16.5. The first-order valence-electron chi connectivity index (χ1n) is 9.24. The molecule has 0 aliphatic heterocycles. The van der Waals surface area contributed by atoms with Crippen LogP contribution >= 0.6 is 0 Å². The number of hydrogen-bond donors (Lipinski definition) is 3. The van der Waals surface area contributed by atoms with E-state index in [0.29, 0.717) is 32.8 Å². The predicted octanol–water partition coefficient (Wildman–Crippen LogP) is 1.29. The Balaban J connectivity index is 1.63. The number of methoxy groups -OCH3 is 1. The summed E-state index contributed by atoms with van der Waals surface area (Å²) in [7, 11) is 1.66. The minimum Gasteiger partial charge on any atom is -0.496 e. The Bertz CT molecular complexity index is 588. The van der Waals surface area contributed by atoms with Crippen molar-refractivity contribution in [1.82, 2.24) is 16.0 Å². The second kappa shape index (κ2) is 11.4. The van der Waals surface area contributed by atoms with Gasteiger partial charge in [0, 0.05) is 31.1 Å². The molecule has 3 N–H and O–H groups in total. The highest BCUT2D eigenvalue weighted by Crippen LogP contribution is 2.28. The second-order valence-corrected chi connectivity index (χ2v) is 6.12. The normalized spacial score (nSPS) is 14.0. The molecule has 1 aliphatic carbocycles. The topological polar surface area (TPSA) is 84.0 Å². The fraction of sp³-hybridized carbons (Fsp3) is 0.579. The van der Waals surface area contributed by atoms with E-state index in [0.717, 1.165) is 36.7 Å². The number of amides is 1. The van der Waals surface area contributed by atoms with Crippen LogP contribution in [0.4, 0.5) is 0 Å². The average molecular weight is 362 g/mol. The largest absolute Gasteiger partial charge is 0.496 e. The van der Waals surface area contributed by atoms with Crippen molar-refractivity contribution < 1.29 is 14.3 Å². The minimum absolute atomic E-state index is 0.165. The fourth-order valence-electron chi connectivity index (χ4n) is 2.42. The molecule has 0 spiro atoms. The van der Waals surface area contributed by atoms with Crippen molar-refractivity contribution in [3.05, 3.63) is 29.8 Å². The molecule has 1 aromatic rings. The standard InChI is InChI=1S/C19H30N4O3/c1-3-20-19(22-11-10-21-18(24)15-8-9-15)23-12-13-26-14-16-6-4-5-7-17(16)25-2/h4-7,15H,3,8-14H2,1-2H3,(H,21,24)(H2,20,22,23). The number of aliphatic imine (C=N–C) groups is 1. The highest BCUT2D eigenvalue weighted by molar-refractivity contribution is 5.81. The zero-order chi connectivity index (χ0) is 18.6. The van der Waals surface area contributed by atoms with E-state index < -0.39 is 0 Å². The number of nitrogens with one attached hydrogen (secondary N) is 3. The van der Waals surface area contributed by atoms with Crippen molar-refractivity contribution in [2.24, 2.45) is 10.9 Å². The van der Waals surface area contributed by atoms with Gasteiger partial charge in [0.1, 0.15) is 5.75 Å². The maximum Gasteiger partial charge on any atom is 0.223 e. The Morgan fingerprint density at radius 2 is 1.96 bits per heavy atom. The summed E-state index contributed by atoms with van der Waals surface area (Å²) in [5, 5.41) is 9.32. The molecule has 26 heavy (non-hydrogen) atoms. The quantitative estimate of drug-likeness (QED) is 0.314. The molecule has 1 amide bonds. The van der Waals surface area contributed by atoms with Crippen LogP contribution in [0, 0.1) is 5.92 Å². The van der Waals surface area contributed by atoms with Crippen LogP contribution in [0.3, 0.4) is 0 Å². The fourth-order valence-corrected chi connectivity index (χ4v) is 2.42. The van der Waals surface area contributed by atoms with Gasteiger partial charge in [-0.3, -0.25) is 9.79 Å². The van der Waals surface area contributed by atoms with Crippen LogP contribution in [0.15, 0.2) is 29.3 Å². The van der Waals surface area contributed by atoms with E-state index in [4.69, 9.17) is 9.47 Å². The Labute approximate surface area is 155 Å². The van der Waals surface area contributed by atoms with E-state index in [1.165, 1.54) is 0 Å². The molecule has 0 atom stereocenters. The average Bonchev–Trinajstić information content (AvgIpc) is 3.50. The van der Waals surface area contributed by atoms with Crippen molar-refractivity contribution in [3.63, 3.8) is 0 Å². The number of hydrogen-bond acceptors (Lipinski definition) is 4. The molecule has 1 aliphatic rings. The second-order valence-electron chi connectivity index (χ2n) is 6.12. The van der Waals surface area contributed by atoms with E-state index in [-0.39, 0.29) is 11.8 Å². The van der Waals surface area contributed by atoms with Crippen LogP contribution in [-0.2, 0) is 16.1 Å². The van der Waals surface area contributed by atoms with Gasteiger partial charge in [0.25, 0.3) is 0 Å². The van der Waals surface area contributed by atoms with Gasteiger partial charge < -0.3 is 25.4 Å². The number of rotatable bonds is 11. The third-order valence-electron chi connectivity index (χ3n) is 3.96. The third kappa shape index (κ3) is 7.31. The molecular weight excluding hydrogens is 332 g/mol. The monoisotopic (exact) mass is 362 g/mol. The third-order valence-corrected chi connectivity index (χ3v) is 3.96. The summed E-state index contributed by atoms with van der Waals surface area (Å²) in [6.45, 7) is 5.62. The first-order valence-corrected chi connectivity index (χ1v) is 9.24. The molecule has 1 saturated carbocycles. The van der Waals surface area contributed by atoms with Gasteiger partial charge in [0.2, 0.25) is 5.91 Å². The van der Waals surface area contributed by atoms with E-state index in [9.17, 15) is 4.79 Å². The van der Waals surface area contributed by atoms with Gasteiger partial charge in [-0.05, 0) is 25.8 Å². The number of guanidine groups is 1. The number of benzene rings is 1. The summed E-state index contributed by atoms with van der Waals surface area (Å²) in [4.78, 5) is 16.0. The Kier molecular flexibility index (Phi) is 8.75. The first-order chi connectivity index (χ1) is 12.7. The number of carbonyl (C=O) groups excluding carboxylic acids is 1. The molecular formula is C19H30N4O3. The minimum atomic E-state index is 0.165. The zero-order valence-corrected chi connectivity index (χ0v) is 15.7. The SMILES string of the molecule is CCNC(=NCCOCc1ccccc1OC)NCCNC(=O)C1CC1. The molecule has 7 heteroatoms. The van der Waals surface area contributed by atoms with Crippen molar-refractivity contribution >= 4 is 11.9 Å². The lowest BCUT2D eigenvalue weighted by atomic mass is 10.2. The molecule has 2 rings (SSSR count). The van der Waals surface area contributed by atoms with Crippen molar-refractivity contribution in [2.75, 3.05) is 39.9 Å². The summed E-state index contributed by atoms with van der Waals surface area (Å²) in [5.74, 6) is 1.98. The number of carbonyl (C=O) groups is 1. The van der Waals surface area contributed by atoms with Crippen molar-refractivity contribution in [3.8, 4) is 5.75 Å². The van der Waals surface area contributed by atoms with Gasteiger partial charge in [-0.15, -0.1) is 0 Å². The summed E-state index contributed by atoms with van der Waals surface area (Å²) in [6.07, 6.45) is 2.05. The molecule has 144 valence electrons. The van der Waals surface area contributed by atoms with Gasteiger partial charge in [0.05, 0.1) is 26.9 Å². The van der Waals surface area contributed by atoms with Gasteiger partial charge >= 0.3 is 0 Å². The Hall–Kier alpha value is -2.28. The summed E-state index contributed by atoms with van der Waals surface area (Å²) in [6, 6.07) is 7.82. The van der Waals surface area contributed by atoms with Crippen molar-refractivity contribution in [2.45, 2.75) is 26.4 Å². The van der Waals surface area contributed by atoms with Gasteiger partial charge in [0.15, 0.2) is 5.96 Å². The van der Waals surface area contributed by atoms with E-state index in [1.54, 1.807) is 7.11 Å². The molecule has 1 aromatic carbocycles. The Morgan fingerprint density at radius 1 is 1.19 bits per heavy atom. The van der Waals surface area contributed by atoms with Crippen LogP contribution in [0.2, 0.25) is 0 Å². The molecule has 0 radical (unpaired) electrons. The molecule has 0 saturated heterocycles. The van der Waals surface area contributed by atoms with Gasteiger partial charge in [-0.2, -0.15) is 0 Å². The number of para-hydroxylation sites is 1. The van der Waals surface area contributed by atoms with Crippen LogP contribution in [0.5, 0.6) is 5.75 Å². The summed E-state index contributed by atoms with van der Waals surface area (Å²) >= 11 is 0. The summed E-state index contributed by atoms with van der Waals surface area (Å²) < 4.78 is 11.0. The van der Waals surface area contributed by atoms with Crippen LogP contribution in [0.25, 0.3) is 0 Å². The number of nitrogens with zero attached hydrogens (tertiary/aromatic N) is 1. The predicted molar refractivity (Wildman–Crippen MR) is 102 cm³/mol. The lowest BCUT2D eigenvalue weighted by molar-refractivity contribution is -0.122. The first kappa shape index (κ1) is 20.0. The molecule has 0 aromatic heterocycles. The van der Waals surface area contributed by atoms with Crippen LogP contribution < -0.4 is 20.7 Å². The molecule has 0 heterocycles. The molecule has 1 fully saturated rings. The summed E-state index contributed by atoms with van der Waals surface area (Å²) in [5.41, 5.74) is 1.02. The molecule has 7 nitrogen and oxygen atoms in total. The van der Waals surface area contributed by atoms with Gasteiger partial charge in [-0.1, -0.05) is 18.2 Å². The molecule has 0 bridgehead atoms. The van der Waals surface area contributed by atoms with Crippen LogP contribution in [-0.4, -0.2) is 51.8 Å². The highest BCUT2D eigenvalue weighted by Gasteiger charge is 2.28. The maximum absolute atomic E-state index is 11.6. The molecule has 0 unspecified atom stereocenters. The van der Waals surface area contributed by atoms with E-state index in [2.05, 4.69) is 20.9 Å². The van der Waals surface area contributed by atoms with Crippen LogP contribution in [0.1, 0.15) is 25.3 Å². The lowest BCUT2D eigenvalue weighted by Gasteiger charge is -2.12. The van der Waals surface area contributed by atoms with Gasteiger partial charge in [-0.25, -0.2) is 0 Å². The number of ether oxygens (including phenoxy) is 2. The lowest BCUT2D eigenvalue weighted by Crippen LogP contribution is -2.42.